The highest BCUT2D eigenvalue weighted by Crippen LogP contribution is 2.34. The Bertz CT molecular complexity index is 223. The maximum Gasteiger partial charge on any atom is 0.0161 e. The van der Waals surface area contributed by atoms with Gasteiger partial charge in [0.1, 0.15) is 0 Å². The molecular weight excluding hydrogens is 184 g/mol. The van der Waals surface area contributed by atoms with Crippen LogP contribution in [0.1, 0.15) is 48.0 Å². The fraction of sp³-hybridized carbons (Fsp3) is 1.00. The summed E-state index contributed by atoms with van der Waals surface area (Å²) >= 11 is 0. The lowest BCUT2D eigenvalue weighted by atomic mass is 9.75. The first-order valence-corrected chi connectivity index (χ1v) is 6.05. The Morgan fingerprint density at radius 2 is 1.73 bits per heavy atom. The number of nitrogens with zero attached hydrogens (tertiary/aromatic N) is 1. The molecule has 1 heterocycles. The molecule has 0 aromatic heterocycles. The Morgan fingerprint density at radius 1 is 1.20 bits per heavy atom. The Balaban J connectivity index is 2.57. The van der Waals surface area contributed by atoms with Gasteiger partial charge in [0.25, 0.3) is 0 Å². The largest absolute Gasteiger partial charge is 0.325 e. The van der Waals surface area contributed by atoms with Crippen molar-refractivity contribution >= 4 is 0 Å². The van der Waals surface area contributed by atoms with Crippen LogP contribution in [-0.4, -0.2) is 30.1 Å². The zero-order valence-electron chi connectivity index (χ0n) is 11.4. The average molecular weight is 212 g/mol. The third kappa shape index (κ3) is 3.18. The van der Waals surface area contributed by atoms with Gasteiger partial charge in [-0.25, -0.2) is 0 Å². The summed E-state index contributed by atoms with van der Waals surface area (Å²) in [5, 5.41) is 0. The quantitative estimate of drug-likeness (QED) is 0.779. The van der Waals surface area contributed by atoms with Crippen molar-refractivity contribution in [2.45, 2.75) is 53.5 Å². The minimum Gasteiger partial charge on any atom is -0.325 e. The fourth-order valence-electron chi connectivity index (χ4n) is 2.12. The first kappa shape index (κ1) is 13.0. The summed E-state index contributed by atoms with van der Waals surface area (Å²) in [6.45, 7) is 17.1. The van der Waals surface area contributed by atoms with Gasteiger partial charge in [-0.15, -0.1) is 0 Å². The topological polar surface area (TPSA) is 29.3 Å². The summed E-state index contributed by atoms with van der Waals surface area (Å²) in [7, 11) is 0. The van der Waals surface area contributed by atoms with E-state index in [-0.39, 0.29) is 11.0 Å². The predicted molar refractivity (Wildman–Crippen MR) is 66.9 cm³/mol. The van der Waals surface area contributed by atoms with E-state index in [1.165, 1.54) is 19.5 Å². The molecule has 0 spiro atoms. The molecule has 0 amide bonds. The lowest BCUT2D eigenvalue weighted by Gasteiger charge is -2.41. The molecule has 1 rings (SSSR count). The fourth-order valence-corrected chi connectivity index (χ4v) is 2.12. The van der Waals surface area contributed by atoms with Gasteiger partial charge in [0.15, 0.2) is 0 Å². The number of nitrogens with two attached hydrogens (primary N) is 1. The van der Waals surface area contributed by atoms with Crippen LogP contribution in [0.3, 0.4) is 0 Å². The maximum atomic E-state index is 6.23. The molecule has 0 aromatic rings. The summed E-state index contributed by atoms with van der Waals surface area (Å²) in [4.78, 5) is 2.56. The molecule has 1 aliphatic rings. The van der Waals surface area contributed by atoms with Crippen LogP contribution in [0, 0.1) is 10.8 Å². The molecular formula is C13H28N2. The van der Waals surface area contributed by atoms with Gasteiger partial charge in [-0.3, -0.25) is 0 Å². The van der Waals surface area contributed by atoms with Crippen LogP contribution in [0.15, 0.2) is 0 Å². The van der Waals surface area contributed by atoms with Crippen molar-refractivity contribution in [2.24, 2.45) is 16.6 Å². The lowest BCUT2D eigenvalue weighted by Crippen LogP contribution is -2.52. The van der Waals surface area contributed by atoms with Gasteiger partial charge in [-0.05, 0) is 37.6 Å². The molecule has 0 saturated carbocycles. The SMILES string of the molecule is CC1(C)CCN(CC(C)(C)C(C)(C)N)C1. The Morgan fingerprint density at radius 3 is 2.07 bits per heavy atom. The Labute approximate surface area is 95.2 Å². The van der Waals surface area contributed by atoms with E-state index in [1.54, 1.807) is 0 Å². The smallest absolute Gasteiger partial charge is 0.0161 e. The van der Waals surface area contributed by atoms with E-state index in [2.05, 4.69) is 46.4 Å². The zero-order valence-corrected chi connectivity index (χ0v) is 11.4. The van der Waals surface area contributed by atoms with E-state index < -0.39 is 0 Å². The maximum absolute atomic E-state index is 6.23. The van der Waals surface area contributed by atoms with Crippen LogP contribution in [0.4, 0.5) is 0 Å². The van der Waals surface area contributed by atoms with Gasteiger partial charge >= 0.3 is 0 Å². The molecule has 2 N–H and O–H groups in total. The van der Waals surface area contributed by atoms with Crippen LogP contribution in [0.5, 0.6) is 0 Å². The minimum atomic E-state index is -0.111. The number of rotatable bonds is 3. The van der Waals surface area contributed by atoms with Crippen LogP contribution in [0.25, 0.3) is 0 Å². The monoisotopic (exact) mass is 212 g/mol. The molecule has 0 bridgehead atoms. The number of hydrogen-bond donors (Lipinski definition) is 1. The third-order valence-corrected chi connectivity index (χ3v) is 4.12. The molecule has 1 fully saturated rings. The minimum absolute atomic E-state index is 0.111. The molecule has 0 atom stereocenters. The van der Waals surface area contributed by atoms with E-state index in [9.17, 15) is 0 Å². The highest BCUT2D eigenvalue weighted by atomic mass is 15.2. The van der Waals surface area contributed by atoms with Gasteiger partial charge in [0.2, 0.25) is 0 Å². The summed E-state index contributed by atoms with van der Waals surface area (Å²) in [6.07, 6.45) is 1.31. The molecule has 0 radical (unpaired) electrons. The second kappa shape index (κ2) is 3.74. The van der Waals surface area contributed by atoms with Crippen molar-refractivity contribution < 1.29 is 0 Å². The van der Waals surface area contributed by atoms with Crippen molar-refractivity contribution in [3.05, 3.63) is 0 Å². The van der Waals surface area contributed by atoms with Gasteiger partial charge in [-0.2, -0.15) is 0 Å². The van der Waals surface area contributed by atoms with E-state index >= 15 is 0 Å². The van der Waals surface area contributed by atoms with Crippen molar-refractivity contribution in [3.63, 3.8) is 0 Å². The molecule has 2 heteroatoms. The Hall–Kier alpha value is -0.0800. The van der Waals surface area contributed by atoms with Crippen LogP contribution >= 0.6 is 0 Å². The predicted octanol–water partition coefficient (Wildman–Crippen LogP) is 2.48. The van der Waals surface area contributed by atoms with Gasteiger partial charge in [0, 0.05) is 18.6 Å². The van der Waals surface area contributed by atoms with E-state index in [4.69, 9.17) is 5.73 Å². The first-order chi connectivity index (χ1) is 6.54. The normalized spacial score (nSPS) is 23.4. The van der Waals surface area contributed by atoms with Crippen molar-refractivity contribution in [1.82, 2.24) is 4.90 Å². The highest BCUT2D eigenvalue weighted by molar-refractivity contribution is 4.94. The molecule has 2 nitrogen and oxygen atoms in total. The Kier molecular flexibility index (Phi) is 3.24. The van der Waals surface area contributed by atoms with Crippen molar-refractivity contribution in [3.8, 4) is 0 Å². The molecule has 90 valence electrons. The van der Waals surface area contributed by atoms with Crippen LogP contribution in [0.2, 0.25) is 0 Å². The van der Waals surface area contributed by atoms with Crippen LogP contribution in [-0.2, 0) is 0 Å². The molecule has 0 unspecified atom stereocenters. The molecule has 1 saturated heterocycles. The highest BCUT2D eigenvalue weighted by Gasteiger charge is 2.38. The molecule has 1 aliphatic heterocycles. The second-order valence-corrected chi connectivity index (χ2v) is 7.23. The second-order valence-electron chi connectivity index (χ2n) is 7.23. The van der Waals surface area contributed by atoms with Crippen molar-refractivity contribution in [1.29, 1.82) is 0 Å². The van der Waals surface area contributed by atoms with Gasteiger partial charge in [-0.1, -0.05) is 27.7 Å². The molecule has 15 heavy (non-hydrogen) atoms. The van der Waals surface area contributed by atoms with Gasteiger partial charge < -0.3 is 10.6 Å². The third-order valence-electron chi connectivity index (χ3n) is 4.12. The standard InChI is InChI=1S/C13H28N2/c1-11(2)7-8-15(9-11)10-12(3,4)13(5,6)14/h7-10,14H2,1-6H3. The summed E-state index contributed by atoms with van der Waals surface area (Å²) < 4.78 is 0. The summed E-state index contributed by atoms with van der Waals surface area (Å²) in [6, 6.07) is 0. The lowest BCUT2D eigenvalue weighted by molar-refractivity contribution is 0.123. The van der Waals surface area contributed by atoms with Crippen molar-refractivity contribution in [2.75, 3.05) is 19.6 Å². The number of likely N-dealkylation sites (tertiary alicyclic amines) is 1. The summed E-state index contributed by atoms with van der Waals surface area (Å²) in [5.41, 5.74) is 6.79. The number of hydrogen-bond acceptors (Lipinski definition) is 2. The zero-order chi connectivity index (χ0) is 11.9. The van der Waals surface area contributed by atoms with Gasteiger partial charge in [0.05, 0.1) is 0 Å². The van der Waals surface area contributed by atoms with E-state index in [1.807, 2.05) is 0 Å². The molecule has 0 aliphatic carbocycles. The average Bonchev–Trinajstić information content (AvgIpc) is 2.26. The molecule has 0 aromatic carbocycles. The van der Waals surface area contributed by atoms with E-state index in [0.717, 1.165) is 6.54 Å². The first-order valence-electron chi connectivity index (χ1n) is 6.05. The van der Waals surface area contributed by atoms with Crippen LogP contribution < -0.4 is 5.73 Å². The van der Waals surface area contributed by atoms with E-state index in [0.29, 0.717) is 5.41 Å². The summed E-state index contributed by atoms with van der Waals surface area (Å²) in [5.74, 6) is 0.